The highest BCUT2D eigenvalue weighted by Gasteiger charge is 2.76. The lowest BCUT2D eigenvalue weighted by molar-refractivity contribution is -0.139. The number of hydrogen-bond acceptors (Lipinski definition) is 5. The van der Waals surface area contributed by atoms with Crippen molar-refractivity contribution in [2.45, 2.75) is 48.3 Å². The number of aliphatic hydroxyl groups excluding tert-OH is 1. The van der Waals surface area contributed by atoms with Crippen LogP contribution in [-0.2, 0) is 20.9 Å². The van der Waals surface area contributed by atoms with Crippen molar-refractivity contribution in [2.75, 3.05) is 18.5 Å². The second kappa shape index (κ2) is 9.32. The minimum Gasteiger partial charge on any atom is -0.396 e. The van der Waals surface area contributed by atoms with Crippen LogP contribution in [0.2, 0.25) is 0 Å². The molecule has 3 aliphatic rings. The summed E-state index contributed by atoms with van der Waals surface area (Å²) in [6.45, 7) is 2.66. The molecule has 0 aliphatic carbocycles. The number of nitrogens with one attached hydrogen (secondary N) is 2. The van der Waals surface area contributed by atoms with Gasteiger partial charge in [0.1, 0.15) is 6.04 Å². The first-order chi connectivity index (χ1) is 16.9. The Morgan fingerprint density at radius 2 is 1.74 bits per heavy atom. The number of para-hydroxylation sites is 1. The number of aliphatic hydroxyl groups is 1. The van der Waals surface area contributed by atoms with Gasteiger partial charge in [-0.1, -0.05) is 48.5 Å². The number of carbonyl (C=O) groups is 3. The molecule has 7 nitrogen and oxygen atoms in total. The zero-order valence-corrected chi connectivity index (χ0v) is 20.6. The van der Waals surface area contributed by atoms with Gasteiger partial charge in [-0.25, -0.2) is 0 Å². The maximum atomic E-state index is 13.8. The standard InChI is InChI=1S/C27H31N3O4S/c1-26-13-14-27(35-26)21(20(26)23(32)29-19-11-6-3-7-12-19)25(34)30(15-8-16-31)22(27)24(33)28-17-18-9-4-2-5-10-18/h2-7,9-12,20-22,31H,8,13-17H2,1H3,(H,28,33)(H,29,32)/t20-,21+,22?,26+,27?/m1/s1. The van der Waals surface area contributed by atoms with Gasteiger partial charge >= 0.3 is 0 Å². The normalized spacial score (nSPS) is 30.9. The summed E-state index contributed by atoms with van der Waals surface area (Å²) in [6.07, 6.45) is 1.86. The fraction of sp³-hybridized carbons (Fsp3) is 0.444. The maximum absolute atomic E-state index is 13.8. The average Bonchev–Trinajstić information content (AvgIpc) is 3.43. The number of likely N-dealkylation sites (tertiary alicyclic amines) is 1. The van der Waals surface area contributed by atoms with Crippen LogP contribution in [0.3, 0.4) is 0 Å². The third-order valence-corrected chi connectivity index (χ3v) is 9.70. The van der Waals surface area contributed by atoms with Crippen LogP contribution in [0.25, 0.3) is 0 Å². The number of rotatable bonds is 8. The van der Waals surface area contributed by atoms with Gasteiger partial charge in [-0.3, -0.25) is 14.4 Å². The highest BCUT2D eigenvalue weighted by molar-refractivity contribution is 8.02. The van der Waals surface area contributed by atoms with Crippen molar-refractivity contribution in [3.8, 4) is 0 Å². The fourth-order valence-corrected chi connectivity index (χ4v) is 8.59. The summed E-state index contributed by atoms with van der Waals surface area (Å²) in [5, 5.41) is 15.5. The van der Waals surface area contributed by atoms with Crippen LogP contribution in [0.15, 0.2) is 60.7 Å². The van der Waals surface area contributed by atoms with Crippen molar-refractivity contribution in [1.82, 2.24) is 10.2 Å². The zero-order valence-electron chi connectivity index (χ0n) is 19.8. The summed E-state index contributed by atoms with van der Waals surface area (Å²) in [5.41, 5.74) is 1.68. The number of thioether (sulfide) groups is 1. The molecule has 3 N–H and O–H groups in total. The molecule has 2 unspecified atom stereocenters. The summed E-state index contributed by atoms with van der Waals surface area (Å²) in [6, 6.07) is 18.3. The van der Waals surface area contributed by atoms with E-state index < -0.39 is 27.4 Å². The summed E-state index contributed by atoms with van der Waals surface area (Å²) in [5.74, 6) is -1.61. The van der Waals surface area contributed by atoms with E-state index in [4.69, 9.17) is 0 Å². The summed E-state index contributed by atoms with van der Waals surface area (Å²) >= 11 is 1.65. The molecule has 3 amide bonds. The number of amides is 3. The van der Waals surface area contributed by atoms with E-state index in [0.717, 1.165) is 12.0 Å². The molecular formula is C27H31N3O4S. The third kappa shape index (κ3) is 4.02. The molecule has 2 aromatic carbocycles. The highest BCUT2D eigenvalue weighted by atomic mass is 32.2. The van der Waals surface area contributed by atoms with Crippen LogP contribution < -0.4 is 10.6 Å². The first kappa shape index (κ1) is 23.9. The second-order valence-electron chi connectivity index (χ2n) is 9.90. The molecule has 0 aromatic heterocycles. The Morgan fingerprint density at radius 1 is 1.06 bits per heavy atom. The quantitative estimate of drug-likeness (QED) is 0.525. The molecule has 184 valence electrons. The van der Waals surface area contributed by atoms with Gasteiger partial charge in [0.2, 0.25) is 17.7 Å². The maximum Gasteiger partial charge on any atom is 0.244 e. The molecular weight excluding hydrogens is 462 g/mol. The minimum atomic E-state index is -0.670. The van der Waals surface area contributed by atoms with Crippen LogP contribution in [0, 0.1) is 11.8 Å². The Labute approximate surface area is 209 Å². The van der Waals surface area contributed by atoms with E-state index in [1.165, 1.54) is 0 Å². The van der Waals surface area contributed by atoms with Gasteiger partial charge in [0.15, 0.2) is 0 Å². The molecule has 35 heavy (non-hydrogen) atoms. The Balaban J connectivity index is 1.45. The van der Waals surface area contributed by atoms with Crippen molar-refractivity contribution in [2.24, 2.45) is 11.8 Å². The van der Waals surface area contributed by atoms with Crippen molar-refractivity contribution in [3.63, 3.8) is 0 Å². The van der Waals surface area contributed by atoms with Crippen molar-refractivity contribution >= 4 is 35.2 Å². The molecule has 3 fully saturated rings. The summed E-state index contributed by atoms with van der Waals surface area (Å²) < 4.78 is -1.07. The number of nitrogens with zero attached hydrogens (tertiary/aromatic N) is 1. The van der Waals surface area contributed by atoms with Crippen LogP contribution in [0.1, 0.15) is 31.7 Å². The van der Waals surface area contributed by atoms with Crippen molar-refractivity contribution in [3.05, 3.63) is 66.2 Å². The molecule has 2 aromatic rings. The van der Waals surface area contributed by atoms with E-state index in [0.29, 0.717) is 31.6 Å². The highest BCUT2D eigenvalue weighted by Crippen LogP contribution is 2.71. The molecule has 3 saturated heterocycles. The van der Waals surface area contributed by atoms with Gasteiger partial charge in [0, 0.05) is 30.1 Å². The largest absolute Gasteiger partial charge is 0.396 e. The van der Waals surface area contributed by atoms with Crippen LogP contribution >= 0.6 is 11.8 Å². The summed E-state index contributed by atoms with van der Waals surface area (Å²) in [4.78, 5) is 42.7. The lowest BCUT2D eigenvalue weighted by Gasteiger charge is -2.34. The number of anilines is 1. The smallest absolute Gasteiger partial charge is 0.244 e. The van der Waals surface area contributed by atoms with Gasteiger partial charge in [0.05, 0.1) is 16.6 Å². The molecule has 8 heteroatoms. The van der Waals surface area contributed by atoms with Crippen LogP contribution in [0.5, 0.6) is 0 Å². The SMILES string of the molecule is C[C@@]12CCC3(S1)C(C(=O)NCc1ccccc1)N(CCCO)C(=O)[C@@H]3[C@@H]2C(=O)Nc1ccccc1. The number of benzene rings is 2. The van der Waals surface area contributed by atoms with Gasteiger partial charge in [0.25, 0.3) is 0 Å². The first-order valence-electron chi connectivity index (χ1n) is 12.2. The van der Waals surface area contributed by atoms with E-state index in [9.17, 15) is 19.5 Å². The predicted octanol–water partition coefficient (Wildman–Crippen LogP) is 2.81. The molecule has 5 rings (SSSR count). The summed E-state index contributed by atoms with van der Waals surface area (Å²) in [7, 11) is 0. The average molecular weight is 494 g/mol. The van der Waals surface area contributed by atoms with Crippen molar-refractivity contribution in [1.29, 1.82) is 0 Å². The lowest BCUT2D eigenvalue weighted by Crippen LogP contribution is -2.53. The monoisotopic (exact) mass is 493 g/mol. The Morgan fingerprint density at radius 3 is 2.43 bits per heavy atom. The topological polar surface area (TPSA) is 98.7 Å². The number of carbonyl (C=O) groups excluding carboxylic acids is 3. The molecule has 5 atom stereocenters. The van der Waals surface area contributed by atoms with E-state index >= 15 is 0 Å². The van der Waals surface area contributed by atoms with Gasteiger partial charge < -0.3 is 20.6 Å². The lowest BCUT2D eigenvalue weighted by atomic mass is 9.66. The Kier molecular flexibility index (Phi) is 6.36. The van der Waals surface area contributed by atoms with E-state index in [1.54, 1.807) is 16.7 Å². The molecule has 2 bridgehead atoms. The van der Waals surface area contributed by atoms with E-state index in [-0.39, 0.29) is 24.3 Å². The van der Waals surface area contributed by atoms with Gasteiger partial charge in [-0.05, 0) is 43.9 Å². The second-order valence-corrected chi connectivity index (χ2v) is 11.8. The third-order valence-electron chi connectivity index (χ3n) is 7.72. The molecule has 3 aliphatic heterocycles. The van der Waals surface area contributed by atoms with Crippen molar-refractivity contribution < 1.29 is 19.5 Å². The van der Waals surface area contributed by atoms with Crippen LogP contribution in [-0.4, -0.2) is 56.4 Å². The predicted molar refractivity (Wildman–Crippen MR) is 136 cm³/mol. The Hall–Kier alpha value is -2.84. The van der Waals surface area contributed by atoms with Gasteiger partial charge in [-0.15, -0.1) is 11.8 Å². The molecule has 0 saturated carbocycles. The zero-order chi connectivity index (χ0) is 24.6. The molecule has 3 heterocycles. The Bertz CT molecular complexity index is 1110. The van der Waals surface area contributed by atoms with E-state index in [1.807, 2.05) is 60.7 Å². The number of hydrogen-bond donors (Lipinski definition) is 3. The number of fused-ring (bicyclic) bond motifs is 1. The van der Waals surface area contributed by atoms with Gasteiger partial charge in [-0.2, -0.15) is 0 Å². The van der Waals surface area contributed by atoms with E-state index in [2.05, 4.69) is 17.6 Å². The first-order valence-corrected chi connectivity index (χ1v) is 13.0. The van der Waals surface area contributed by atoms with Crippen LogP contribution in [0.4, 0.5) is 5.69 Å². The minimum absolute atomic E-state index is 0.0669. The molecule has 0 radical (unpaired) electrons. The molecule has 1 spiro atoms. The fourth-order valence-electron chi connectivity index (χ4n) is 6.23.